The maximum atomic E-state index is 3.49. The molecule has 1 aromatic heterocycles. The van der Waals surface area contributed by atoms with E-state index in [4.69, 9.17) is 0 Å². The smallest absolute Gasteiger partial charge is 0.0346 e. The van der Waals surface area contributed by atoms with Gasteiger partial charge in [0, 0.05) is 13.6 Å². The fourth-order valence-electron chi connectivity index (χ4n) is 1.16. The van der Waals surface area contributed by atoms with Crippen LogP contribution in [0, 0.1) is 3.57 Å². The lowest BCUT2D eigenvalue weighted by Crippen LogP contribution is -1.73. The maximum Gasteiger partial charge on any atom is 0.0346 e. The molecule has 3 heteroatoms. The second kappa shape index (κ2) is 3.64. The SMILES string of the molecule is BrCc1csc2ccc(I)cc12. The Morgan fingerprint density at radius 1 is 1.42 bits per heavy atom. The highest BCUT2D eigenvalue weighted by Gasteiger charge is 2.02. The zero-order valence-electron chi connectivity index (χ0n) is 6.18. The summed E-state index contributed by atoms with van der Waals surface area (Å²) in [6.07, 6.45) is 0. The van der Waals surface area contributed by atoms with E-state index in [2.05, 4.69) is 62.1 Å². The maximum absolute atomic E-state index is 3.49. The number of benzene rings is 1. The van der Waals surface area contributed by atoms with Gasteiger partial charge in [0.1, 0.15) is 0 Å². The minimum atomic E-state index is 0.951. The number of alkyl halides is 1. The van der Waals surface area contributed by atoms with E-state index in [9.17, 15) is 0 Å². The molecule has 0 fully saturated rings. The summed E-state index contributed by atoms with van der Waals surface area (Å²) in [5, 5.41) is 4.56. The van der Waals surface area contributed by atoms with Crippen LogP contribution in [0.2, 0.25) is 0 Å². The van der Waals surface area contributed by atoms with Crippen molar-refractivity contribution < 1.29 is 0 Å². The van der Waals surface area contributed by atoms with Gasteiger partial charge in [-0.15, -0.1) is 11.3 Å². The molecule has 0 radical (unpaired) electrons. The van der Waals surface area contributed by atoms with Gasteiger partial charge in [-0.05, 0) is 57.1 Å². The van der Waals surface area contributed by atoms with Crippen LogP contribution in [0.1, 0.15) is 5.56 Å². The van der Waals surface area contributed by atoms with Crippen molar-refractivity contribution in [3.63, 3.8) is 0 Å². The quantitative estimate of drug-likeness (QED) is 0.527. The average Bonchev–Trinajstić information content (AvgIpc) is 2.46. The second-order valence-corrected chi connectivity index (χ2v) is 5.25. The molecule has 0 saturated carbocycles. The Balaban J connectivity index is 2.75. The van der Waals surface area contributed by atoms with Crippen LogP contribution in [-0.4, -0.2) is 0 Å². The number of thiophene rings is 1. The molecule has 0 nitrogen and oxygen atoms in total. The minimum Gasteiger partial charge on any atom is -0.143 e. The number of hydrogen-bond acceptors (Lipinski definition) is 1. The van der Waals surface area contributed by atoms with Crippen LogP contribution in [0.5, 0.6) is 0 Å². The standard InChI is InChI=1S/C9H6BrIS/c10-4-6-5-12-9-2-1-7(11)3-8(6)9/h1-3,5H,4H2. The first kappa shape index (κ1) is 8.97. The third kappa shape index (κ3) is 1.54. The van der Waals surface area contributed by atoms with Crippen molar-refractivity contribution in [2.24, 2.45) is 0 Å². The van der Waals surface area contributed by atoms with Gasteiger partial charge in [-0.2, -0.15) is 0 Å². The molecule has 0 aliphatic rings. The predicted octanol–water partition coefficient (Wildman–Crippen LogP) is 4.40. The largest absolute Gasteiger partial charge is 0.143 e. The monoisotopic (exact) mass is 352 g/mol. The first-order valence-corrected chi connectivity index (χ1v) is 6.61. The molecule has 0 bridgehead atoms. The fourth-order valence-corrected chi connectivity index (χ4v) is 3.27. The van der Waals surface area contributed by atoms with Gasteiger partial charge in [0.25, 0.3) is 0 Å². The molecule has 62 valence electrons. The minimum absolute atomic E-state index is 0.951. The van der Waals surface area contributed by atoms with Gasteiger partial charge < -0.3 is 0 Å². The number of hydrogen-bond donors (Lipinski definition) is 0. The topological polar surface area (TPSA) is 0 Å². The van der Waals surface area contributed by atoms with Crippen molar-refractivity contribution in [3.05, 3.63) is 32.7 Å². The Morgan fingerprint density at radius 2 is 2.25 bits per heavy atom. The summed E-state index contributed by atoms with van der Waals surface area (Å²) < 4.78 is 2.69. The molecule has 2 rings (SSSR count). The van der Waals surface area contributed by atoms with Gasteiger partial charge in [-0.3, -0.25) is 0 Å². The zero-order chi connectivity index (χ0) is 8.55. The predicted molar refractivity (Wildman–Crippen MR) is 67.2 cm³/mol. The van der Waals surface area contributed by atoms with Gasteiger partial charge in [-0.1, -0.05) is 15.9 Å². The highest BCUT2D eigenvalue weighted by atomic mass is 127. The van der Waals surface area contributed by atoms with E-state index in [1.807, 2.05) is 11.3 Å². The summed E-state index contributed by atoms with van der Waals surface area (Å²) in [7, 11) is 0. The first-order valence-electron chi connectivity index (χ1n) is 3.53. The Morgan fingerprint density at radius 3 is 3.00 bits per heavy atom. The van der Waals surface area contributed by atoms with Crippen molar-refractivity contribution in [1.82, 2.24) is 0 Å². The molecular weight excluding hydrogens is 347 g/mol. The molecule has 0 amide bonds. The summed E-state index contributed by atoms with van der Waals surface area (Å²) in [6.45, 7) is 0. The summed E-state index contributed by atoms with van der Waals surface area (Å²) in [5.74, 6) is 0. The van der Waals surface area contributed by atoms with Crippen LogP contribution >= 0.6 is 49.9 Å². The number of halogens is 2. The number of fused-ring (bicyclic) bond motifs is 1. The zero-order valence-corrected chi connectivity index (χ0v) is 10.7. The summed E-state index contributed by atoms with van der Waals surface area (Å²) in [5.41, 5.74) is 1.40. The van der Waals surface area contributed by atoms with Crippen LogP contribution in [-0.2, 0) is 5.33 Å². The second-order valence-electron chi connectivity index (χ2n) is 2.54. The molecule has 2 aromatic rings. The van der Waals surface area contributed by atoms with Crippen molar-refractivity contribution in [1.29, 1.82) is 0 Å². The lowest BCUT2D eigenvalue weighted by atomic mass is 10.2. The summed E-state index contributed by atoms with van der Waals surface area (Å²) >= 11 is 7.65. The van der Waals surface area contributed by atoms with E-state index in [0.29, 0.717) is 0 Å². The molecule has 1 aromatic carbocycles. The van der Waals surface area contributed by atoms with E-state index in [1.54, 1.807) is 0 Å². The van der Waals surface area contributed by atoms with Crippen molar-refractivity contribution in [3.8, 4) is 0 Å². The lowest BCUT2D eigenvalue weighted by Gasteiger charge is -1.93. The average molecular weight is 353 g/mol. The van der Waals surface area contributed by atoms with E-state index >= 15 is 0 Å². The van der Waals surface area contributed by atoms with Crippen LogP contribution in [0.3, 0.4) is 0 Å². The summed E-state index contributed by atoms with van der Waals surface area (Å²) in [6, 6.07) is 6.58. The van der Waals surface area contributed by atoms with Crippen LogP contribution in [0.4, 0.5) is 0 Å². The highest BCUT2D eigenvalue weighted by molar-refractivity contribution is 14.1. The molecular formula is C9H6BrIS. The van der Waals surface area contributed by atoms with Crippen molar-refractivity contribution >= 4 is 59.9 Å². The van der Waals surface area contributed by atoms with Crippen molar-refractivity contribution in [2.45, 2.75) is 5.33 Å². The van der Waals surface area contributed by atoms with E-state index in [0.717, 1.165) is 5.33 Å². The fraction of sp³-hybridized carbons (Fsp3) is 0.111. The van der Waals surface area contributed by atoms with E-state index in [-0.39, 0.29) is 0 Å². The third-order valence-electron chi connectivity index (χ3n) is 1.76. The molecule has 0 aliphatic carbocycles. The van der Waals surface area contributed by atoms with Crippen molar-refractivity contribution in [2.75, 3.05) is 0 Å². The molecule has 0 atom stereocenters. The molecule has 0 spiro atoms. The Kier molecular flexibility index (Phi) is 2.72. The Bertz CT molecular complexity index is 408. The Labute approximate surface area is 97.2 Å². The van der Waals surface area contributed by atoms with Crippen LogP contribution in [0.25, 0.3) is 10.1 Å². The molecule has 12 heavy (non-hydrogen) atoms. The van der Waals surface area contributed by atoms with Gasteiger partial charge in [0.05, 0.1) is 0 Å². The normalized spacial score (nSPS) is 10.8. The van der Waals surface area contributed by atoms with E-state index in [1.165, 1.54) is 19.2 Å². The van der Waals surface area contributed by atoms with Gasteiger partial charge in [0.15, 0.2) is 0 Å². The summed E-state index contributed by atoms with van der Waals surface area (Å²) in [4.78, 5) is 0. The molecule has 1 heterocycles. The highest BCUT2D eigenvalue weighted by Crippen LogP contribution is 2.28. The molecule has 0 N–H and O–H groups in total. The first-order chi connectivity index (χ1) is 5.81. The van der Waals surface area contributed by atoms with Gasteiger partial charge in [0.2, 0.25) is 0 Å². The van der Waals surface area contributed by atoms with Crippen LogP contribution < -0.4 is 0 Å². The van der Waals surface area contributed by atoms with Crippen LogP contribution in [0.15, 0.2) is 23.6 Å². The van der Waals surface area contributed by atoms with Gasteiger partial charge in [-0.25, -0.2) is 0 Å². The number of rotatable bonds is 1. The molecule has 0 unspecified atom stereocenters. The van der Waals surface area contributed by atoms with Gasteiger partial charge >= 0.3 is 0 Å². The van der Waals surface area contributed by atoms with E-state index < -0.39 is 0 Å². The third-order valence-corrected chi connectivity index (χ3v) is 4.05. The molecule has 0 saturated heterocycles. The molecule has 0 aliphatic heterocycles. The lowest BCUT2D eigenvalue weighted by molar-refractivity contribution is 1.54. The Hall–Kier alpha value is 0.390.